The molecule has 7 heteroatoms. The first-order valence-corrected chi connectivity index (χ1v) is 8.00. The SMILES string of the molecule is c1cc2c(cc1Nc1nncc(NC3CCCC3)n1)OCCO2. The number of nitrogens with one attached hydrogen (secondary N) is 2. The Hall–Kier alpha value is -2.57. The van der Waals surface area contributed by atoms with Crippen LogP contribution in [0, 0.1) is 0 Å². The maximum Gasteiger partial charge on any atom is 0.249 e. The second-order valence-electron chi connectivity index (χ2n) is 5.77. The molecule has 0 unspecified atom stereocenters. The molecule has 1 aromatic heterocycles. The summed E-state index contributed by atoms with van der Waals surface area (Å²) in [4.78, 5) is 4.48. The fourth-order valence-electron chi connectivity index (χ4n) is 2.96. The quantitative estimate of drug-likeness (QED) is 0.898. The second kappa shape index (κ2) is 6.28. The molecule has 1 aromatic carbocycles. The minimum atomic E-state index is 0.463. The van der Waals surface area contributed by atoms with E-state index in [2.05, 4.69) is 25.8 Å². The van der Waals surface area contributed by atoms with Gasteiger partial charge in [-0.25, -0.2) is 0 Å². The van der Waals surface area contributed by atoms with Crippen LogP contribution in [0.5, 0.6) is 11.5 Å². The van der Waals surface area contributed by atoms with Crippen LogP contribution in [-0.2, 0) is 0 Å². The summed E-state index contributed by atoms with van der Waals surface area (Å²) in [6.45, 7) is 1.15. The van der Waals surface area contributed by atoms with Gasteiger partial charge < -0.3 is 20.1 Å². The van der Waals surface area contributed by atoms with Crippen LogP contribution in [-0.4, -0.2) is 34.4 Å². The molecule has 1 aliphatic carbocycles. The van der Waals surface area contributed by atoms with Crippen LogP contribution in [0.15, 0.2) is 24.4 Å². The van der Waals surface area contributed by atoms with E-state index >= 15 is 0 Å². The lowest BCUT2D eigenvalue weighted by Crippen LogP contribution is -2.16. The largest absolute Gasteiger partial charge is 0.486 e. The van der Waals surface area contributed by atoms with Gasteiger partial charge in [0.2, 0.25) is 5.95 Å². The minimum Gasteiger partial charge on any atom is -0.486 e. The molecule has 7 nitrogen and oxygen atoms in total. The summed E-state index contributed by atoms with van der Waals surface area (Å²) in [5, 5.41) is 14.6. The summed E-state index contributed by atoms with van der Waals surface area (Å²) in [5.74, 6) is 2.71. The van der Waals surface area contributed by atoms with Crippen molar-refractivity contribution in [1.82, 2.24) is 15.2 Å². The number of benzene rings is 1. The molecule has 2 aromatic rings. The van der Waals surface area contributed by atoms with Gasteiger partial charge in [0.15, 0.2) is 17.3 Å². The Balaban J connectivity index is 1.47. The van der Waals surface area contributed by atoms with Gasteiger partial charge in [-0.2, -0.15) is 10.1 Å². The highest BCUT2D eigenvalue weighted by atomic mass is 16.6. The standard InChI is InChI=1S/C16H19N5O2/c1-2-4-11(3-1)18-15-10-17-21-16(20-15)19-12-5-6-13-14(9-12)23-8-7-22-13/h5-6,9-11H,1-4,7-8H2,(H2,18,19,20,21). The smallest absolute Gasteiger partial charge is 0.249 e. The normalized spacial score (nSPS) is 17.0. The molecule has 2 N–H and O–H groups in total. The third kappa shape index (κ3) is 3.28. The fraction of sp³-hybridized carbons (Fsp3) is 0.438. The first-order chi connectivity index (χ1) is 11.4. The lowest BCUT2D eigenvalue weighted by atomic mass is 10.2. The molecule has 2 aliphatic rings. The Morgan fingerprint density at radius 1 is 1.04 bits per heavy atom. The van der Waals surface area contributed by atoms with Gasteiger partial charge in [-0.1, -0.05) is 12.8 Å². The van der Waals surface area contributed by atoms with Crippen LogP contribution in [0.2, 0.25) is 0 Å². The number of hydrogen-bond acceptors (Lipinski definition) is 7. The van der Waals surface area contributed by atoms with Gasteiger partial charge in [-0.3, -0.25) is 0 Å². The molecule has 1 aliphatic heterocycles. The van der Waals surface area contributed by atoms with Crippen molar-refractivity contribution in [3.8, 4) is 11.5 Å². The summed E-state index contributed by atoms with van der Waals surface area (Å²) in [6, 6.07) is 6.17. The molecule has 0 saturated heterocycles. The van der Waals surface area contributed by atoms with Crippen molar-refractivity contribution < 1.29 is 9.47 Å². The zero-order chi connectivity index (χ0) is 15.5. The van der Waals surface area contributed by atoms with Crippen molar-refractivity contribution in [2.75, 3.05) is 23.8 Å². The number of aromatic nitrogens is 3. The van der Waals surface area contributed by atoms with Crippen molar-refractivity contribution in [3.05, 3.63) is 24.4 Å². The predicted octanol–water partition coefficient (Wildman–Crippen LogP) is 2.74. The number of ether oxygens (including phenoxy) is 2. The van der Waals surface area contributed by atoms with E-state index in [0.717, 1.165) is 23.0 Å². The Bertz CT molecular complexity index is 688. The number of fused-ring (bicyclic) bond motifs is 1. The summed E-state index contributed by atoms with van der Waals surface area (Å²) >= 11 is 0. The molecule has 0 atom stereocenters. The van der Waals surface area contributed by atoms with Crippen LogP contribution in [0.25, 0.3) is 0 Å². The third-order valence-corrected chi connectivity index (χ3v) is 4.06. The molecule has 0 amide bonds. The minimum absolute atomic E-state index is 0.463. The first-order valence-electron chi connectivity index (χ1n) is 8.00. The van der Waals surface area contributed by atoms with Crippen LogP contribution >= 0.6 is 0 Å². The van der Waals surface area contributed by atoms with E-state index in [1.165, 1.54) is 25.7 Å². The topological polar surface area (TPSA) is 81.2 Å². The molecular weight excluding hydrogens is 294 g/mol. The fourth-order valence-corrected chi connectivity index (χ4v) is 2.96. The van der Waals surface area contributed by atoms with E-state index < -0.39 is 0 Å². The molecule has 23 heavy (non-hydrogen) atoms. The lowest BCUT2D eigenvalue weighted by molar-refractivity contribution is 0.171. The highest BCUT2D eigenvalue weighted by molar-refractivity contribution is 5.60. The molecule has 4 rings (SSSR count). The molecule has 2 heterocycles. The Labute approximate surface area is 134 Å². The molecule has 0 spiro atoms. The van der Waals surface area contributed by atoms with Gasteiger partial charge in [0.05, 0.1) is 6.20 Å². The van der Waals surface area contributed by atoms with Crippen LogP contribution in [0.4, 0.5) is 17.5 Å². The lowest BCUT2D eigenvalue weighted by Gasteiger charge is -2.19. The number of anilines is 3. The molecule has 0 bridgehead atoms. The van der Waals surface area contributed by atoms with Crippen molar-refractivity contribution in [3.63, 3.8) is 0 Å². The monoisotopic (exact) mass is 313 g/mol. The molecule has 120 valence electrons. The number of hydrogen-bond donors (Lipinski definition) is 2. The highest BCUT2D eigenvalue weighted by Crippen LogP contribution is 2.33. The van der Waals surface area contributed by atoms with E-state index in [9.17, 15) is 0 Å². The zero-order valence-corrected chi connectivity index (χ0v) is 12.8. The number of rotatable bonds is 4. The van der Waals surface area contributed by atoms with Gasteiger partial charge in [-0.05, 0) is 25.0 Å². The second-order valence-corrected chi connectivity index (χ2v) is 5.77. The van der Waals surface area contributed by atoms with E-state index in [4.69, 9.17) is 9.47 Å². The van der Waals surface area contributed by atoms with E-state index in [1.54, 1.807) is 6.20 Å². The van der Waals surface area contributed by atoms with Gasteiger partial charge in [-0.15, -0.1) is 5.10 Å². The van der Waals surface area contributed by atoms with Crippen molar-refractivity contribution >= 4 is 17.5 Å². The molecular formula is C16H19N5O2. The zero-order valence-electron chi connectivity index (χ0n) is 12.8. The summed E-state index contributed by atoms with van der Waals surface area (Å²) in [7, 11) is 0. The maximum atomic E-state index is 5.58. The first kappa shape index (κ1) is 14.0. The highest BCUT2D eigenvalue weighted by Gasteiger charge is 2.16. The van der Waals surface area contributed by atoms with Gasteiger partial charge in [0.25, 0.3) is 0 Å². The molecule has 1 fully saturated rings. The molecule has 0 radical (unpaired) electrons. The average molecular weight is 313 g/mol. The van der Waals surface area contributed by atoms with Gasteiger partial charge >= 0.3 is 0 Å². The van der Waals surface area contributed by atoms with E-state index in [0.29, 0.717) is 25.2 Å². The summed E-state index contributed by atoms with van der Waals surface area (Å²) in [6.07, 6.45) is 6.59. The van der Waals surface area contributed by atoms with E-state index in [1.807, 2.05) is 18.2 Å². The summed E-state index contributed by atoms with van der Waals surface area (Å²) in [5.41, 5.74) is 0.842. The van der Waals surface area contributed by atoms with Crippen molar-refractivity contribution in [1.29, 1.82) is 0 Å². The molecule has 1 saturated carbocycles. The average Bonchev–Trinajstić information content (AvgIpc) is 3.08. The predicted molar refractivity (Wildman–Crippen MR) is 86.4 cm³/mol. The van der Waals surface area contributed by atoms with Crippen molar-refractivity contribution in [2.45, 2.75) is 31.7 Å². The van der Waals surface area contributed by atoms with Crippen LogP contribution < -0.4 is 20.1 Å². The van der Waals surface area contributed by atoms with Gasteiger partial charge in [0.1, 0.15) is 13.2 Å². The van der Waals surface area contributed by atoms with Crippen molar-refractivity contribution in [2.24, 2.45) is 0 Å². The van der Waals surface area contributed by atoms with Crippen LogP contribution in [0.1, 0.15) is 25.7 Å². The van der Waals surface area contributed by atoms with Crippen LogP contribution in [0.3, 0.4) is 0 Å². The summed E-state index contributed by atoms with van der Waals surface area (Å²) < 4.78 is 11.1. The number of nitrogens with zero attached hydrogens (tertiary/aromatic N) is 3. The third-order valence-electron chi connectivity index (χ3n) is 4.06. The van der Waals surface area contributed by atoms with E-state index in [-0.39, 0.29) is 0 Å². The Morgan fingerprint density at radius 2 is 1.87 bits per heavy atom. The maximum absolute atomic E-state index is 5.58. The Kier molecular flexibility index (Phi) is 3.83. The Morgan fingerprint density at radius 3 is 2.74 bits per heavy atom. The van der Waals surface area contributed by atoms with Gasteiger partial charge in [0, 0.05) is 17.8 Å².